The van der Waals surface area contributed by atoms with Gasteiger partial charge in [0.15, 0.2) is 0 Å². The Bertz CT molecular complexity index is 1100. The summed E-state index contributed by atoms with van der Waals surface area (Å²) in [5, 5.41) is 29.5. The van der Waals surface area contributed by atoms with Gasteiger partial charge in [0, 0.05) is 48.0 Å². The molecule has 0 bridgehead atoms. The monoisotopic (exact) mass is 418 g/mol. The van der Waals surface area contributed by atoms with Gasteiger partial charge in [-0.3, -0.25) is 9.89 Å². The average molecular weight is 419 g/mol. The summed E-state index contributed by atoms with van der Waals surface area (Å²) in [5.74, 6) is -0.203. The number of rotatable bonds is 5. The fourth-order valence-electron chi connectivity index (χ4n) is 3.68. The number of β-amino-alcohol motifs (C(OH)–C–C–N with tert-alkyl or cyclic N) is 1. The Morgan fingerprint density at radius 1 is 1.39 bits per heavy atom. The Balaban J connectivity index is 2.09. The molecule has 28 heavy (non-hydrogen) atoms. The topological polar surface area (TPSA) is 110 Å². The van der Waals surface area contributed by atoms with E-state index in [2.05, 4.69) is 15.5 Å². The molecule has 0 radical (unpaired) electrons. The molecular weight excluding hydrogens is 403 g/mol. The average Bonchev–Trinajstić information content (AvgIpc) is 3.32. The lowest BCUT2D eigenvalue weighted by atomic mass is 10.0. The van der Waals surface area contributed by atoms with Crippen LogP contribution in [0.25, 0.3) is 22.0 Å². The lowest BCUT2D eigenvalue weighted by molar-refractivity contribution is 0.0672. The van der Waals surface area contributed by atoms with Gasteiger partial charge in [-0.1, -0.05) is 23.2 Å². The van der Waals surface area contributed by atoms with Crippen molar-refractivity contribution < 1.29 is 9.90 Å². The summed E-state index contributed by atoms with van der Waals surface area (Å²) in [7, 11) is 0. The standard InChI is InChI=1S/C18H16Cl2N6O2/c19-11-7-12(22-2-1-21)14-13(10-8-23-24-9-10)17-18(28)25(5-6-27)3-4-26(17)16(14)15(11)20/h7-9,22,27H,2-6H2,(H,23,24). The quantitative estimate of drug-likeness (QED) is 0.551. The number of nitrogens with zero attached hydrogens (tertiary/aromatic N) is 4. The van der Waals surface area contributed by atoms with Gasteiger partial charge in [-0.25, -0.2) is 0 Å². The minimum Gasteiger partial charge on any atom is -0.395 e. The van der Waals surface area contributed by atoms with Gasteiger partial charge in [0.25, 0.3) is 5.91 Å². The zero-order valence-electron chi connectivity index (χ0n) is 14.7. The molecule has 0 unspecified atom stereocenters. The third kappa shape index (κ3) is 2.79. The van der Waals surface area contributed by atoms with Gasteiger partial charge in [0.05, 0.1) is 34.4 Å². The normalized spacial score (nSPS) is 13.6. The highest BCUT2D eigenvalue weighted by molar-refractivity contribution is 6.46. The van der Waals surface area contributed by atoms with Crippen LogP contribution >= 0.6 is 23.2 Å². The van der Waals surface area contributed by atoms with E-state index in [4.69, 9.17) is 28.5 Å². The molecule has 3 aromatic rings. The molecule has 0 spiro atoms. The van der Waals surface area contributed by atoms with Gasteiger partial charge in [-0.2, -0.15) is 10.4 Å². The summed E-state index contributed by atoms with van der Waals surface area (Å²) in [5.41, 5.74) is 3.09. The van der Waals surface area contributed by atoms with Crippen molar-refractivity contribution in [3.63, 3.8) is 0 Å². The predicted octanol–water partition coefficient (Wildman–Crippen LogP) is 2.72. The molecule has 0 fully saturated rings. The van der Waals surface area contributed by atoms with Crippen LogP contribution in [0.1, 0.15) is 10.5 Å². The molecule has 0 atom stereocenters. The van der Waals surface area contributed by atoms with Crippen LogP contribution in [-0.4, -0.2) is 56.9 Å². The highest BCUT2D eigenvalue weighted by atomic mass is 35.5. The maximum atomic E-state index is 13.2. The lowest BCUT2D eigenvalue weighted by Crippen LogP contribution is -2.41. The first kappa shape index (κ1) is 18.6. The zero-order chi connectivity index (χ0) is 19.8. The molecular formula is C18H16Cl2N6O2. The Labute approximate surface area is 170 Å². The molecule has 1 aromatic carbocycles. The molecule has 2 aromatic heterocycles. The predicted molar refractivity (Wildman–Crippen MR) is 107 cm³/mol. The Hall–Kier alpha value is -2.73. The minimum absolute atomic E-state index is 0.0724. The van der Waals surface area contributed by atoms with Crippen molar-refractivity contribution >= 4 is 45.7 Å². The third-order valence-electron chi connectivity index (χ3n) is 4.82. The molecule has 1 aliphatic rings. The number of aromatic nitrogens is 3. The number of halogens is 2. The van der Waals surface area contributed by atoms with Crippen LogP contribution in [0.5, 0.6) is 0 Å². The number of carbonyl (C=O) groups excluding carboxylic acids is 1. The van der Waals surface area contributed by atoms with Gasteiger partial charge in [-0.15, -0.1) is 0 Å². The van der Waals surface area contributed by atoms with Crippen LogP contribution in [0.4, 0.5) is 5.69 Å². The van der Waals surface area contributed by atoms with E-state index in [1.165, 1.54) is 0 Å². The highest BCUT2D eigenvalue weighted by Gasteiger charge is 2.33. The summed E-state index contributed by atoms with van der Waals surface area (Å²) in [4.78, 5) is 14.8. The largest absolute Gasteiger partial charge is 0.395 e. The molecule has 1 aliphatic heterocycles. The van der Waals surface area contributed by atoms with Gasteiger partial charge >= 0.3 is 0 Å². The molecule has 0 saturated heterocycles. The number of aliphatic hydroxyl groups is 1. The maximum absolute atomic E-state index is 13.2. The number of aromatic amines is 1. The van der Waals surface area contributed by atoms with Crippen molar-refractivity contribution in [2.75, 3.05) is 31.6 Å². The molecule has 1 amide bonds. The first-order valence-electron chi connectivity index (χ1n) is 8.62. The van der Waals surface area contributed by atoms with E-state index in [1.807, 2.05) is 10.6 Å². The second-order valence-electron chi connectivity index (χ2n) is 6.33. The van der Waals surface area contributed by atoms with Crippen LogP contribution in [0.2, 0.25) is 10.0 Å². The molecule has 8 nitrogen and oxygen atoms in total. The SMILES string of the molecule is N#CCNc1cc(Cl)c(Cl)c2c1c(-c1cn[nH]c1)c1n2CCN(CCO)C1=O. The van der Waals surface area contributed by atoms with E-state index in [0.29, 0.717) is 51.0 Å². The summed E-state index contributed by atoms with van der Waals surface area (Å²) >= 11 is 12.9. The number of benzene rings is 1. The van der Waals surface area contributed by atoms with Gasteiger partial charge in [0.2, 0.25) is 0 Å². The number of anilines is 1. The fourth-order valence-corrected chi connectivity index (χ4v) is 4.13. The number of nitriles is 1. The van der Waals surface area contributed by atoms with E-state index in [0.717, 1.165) is 5.56 Å². The van der Waals surface area contributed by atoms with E-state index >= 15 is 0 Å². The van der Waals surface area contributed by atoms with Crippen LogP contribution in [-0.2, 0) is 6.54 Å². The number of hydrogen-bond donors (Lipinski definition) is 3. The third-order valence-corrected chi connectivity index (χ3v) is 5.60. The van der Waals surface area contributed by atoms with Crippen molar-refractivity contribution in [1.82, 2.24) is 19.7 Å². The van der Waals surface area contributed by atoms with Gasteiger partial charge in [-0.05, 0) is 6.07 Å². The van der Waals surface area contributed by atoms with Crippen molar-refractivity contribution in [2.45, 2.75) is 6.54 Å². The first-order valence-corrected chi connectivity index (χ1v) is 9.38. The van der Waals surface area contributed by atoms with Gasteiger partial charge in [0.1, 0.15) is 12.2 Å². The Kier molecular flexibility index (Phi) is 4.89. The fraction of sp³-hybridized carbons (Fsp3) is 0.278. The molecule has 144 valence electrons. The lowest BCUT2D eigenvalue weighted by Gasteiger charge is -2.28. The van der Waals surface area contributed by atoms with E-state index in [1.54, 1.807) is 23.4 Å². The van der Waals surface area contributed by atoms with E-state index in [-0.39, 0.29) is 25.6 Å². The maximum Gasteiger partial charge on any atom is 0.271 e. The first-order chi connectivity index (χ1) is 13.6. The van der Waals surface area contributed by atoms with E-state index in [9.17, 15) is 9.90 Å². The molecule has 0 saturated carbocycles. The summed E-state index contributed by atoms with van der Waals surface area (Å²) < 4.78 is 1.86. The second kappa shape index (κ2) is 7.36. The zero-order valence-corrected chi connectivity index (χ0v) is 16.2. The molecule has 3 heterocycles. The van der Waals surface area contributed by atoms with Crippen molar-refractivity contribution in [2.24, 2.45) is 0 Å². The van der Waals surface area contributed by atoms with Crippen molar-refractivity contribution in [3.8, 4) is 17.2 Å². The second-order valence-corrected chi connectivity index (χ2v) is 7.12. The number of carbonyl (C=O) groups is 1. The number of nitrogens with one attached hydrogen (secondary N) is 2. The smallest absolute Gasteiger partial charge is 0.271 e. The van der Waals surface area contributed by atoms with Crippen LogP contribution in [0.15, 0.2) is 18.5 Å². The highest BCUT2D eigenvalue weighted by Crippen LogP contribution is 2.45. The molecule has 10 heteroatoms. The number of amides is 1. The van der Waals surface area contributed by atoms with Gasteiger partial charge < -0.3 is 19.9 Å². The van der Waals surface area contributed by atoms with E-state index < -0.39 is 0 Å². The number of H-pyrrole nitrogens is 1. The molecule has 3 N–H and O–H groups in total. The van der Waals surface area contributed by atoms with Crippen LogP contribution in [0, 0.1) is 11.3 Å². The molecule has 0 aliphatic carbocycles. The van der Waals surface area contributed by atoms with Crippen molar-refractivity contribution in [3.05, 3.63) is 34.2 Å². The van der Waals surface area contributed by atoms with Crippen LogP contribution < -0.4 is 5.32 Å². The van der Waals surface area contributed by atoms with Crippen molar-refractivity contribution in [1.29, 1.82) is 5.26 Å². The summed E-state index contributed by atoms with van der Waals surface area (Å²) in [6.07, 6.45) is 3.33. The number of fused-ring (bicyclic) bond motifs is 3. The van der Waals surface area contributed by atoms with Crippen LogP contribution in [0.3, 0.4) is 0 Å². The summed E-state index contributed by atoms with van der Waals surface area (Å²) in [6, 6.07) is 3.71. The number of hydrogen-bond acceptors (Lipinski definition) is 5. The summed E-state index contributed by atoms with van der Waals surface area (Å²) in [6.45, 7) is 1.16. The Morgan fingerprint density at radius 2 is 2.21 bits per heavy atom. The Morgan fingerprint density at radius 3 is 2.89 bits per heavy atom. The minimum atomic E-state index is -0.203. The molecule has 4 rings (SSSR count). The number of aliphatic hydroxyl groups excluding tert-OH is 1.